The molecule has 0 aromatic carbocycles. The molecule has 1 aliphatic carbocycles. The van der Waals surface area contributed by atoms with Crippen molar-refractivity contribution in [2.75, 3.05) is 11.1 Å². The number of nitrogens with one attached hydrogen (secondary N) is 1. The summed E-state index contributed by atoms with van der Waals surface area (Å²) in [6, 6.07) is 4.20. The third-order valence-electron chi connectivity index (χ3n) is 3.93. The fourth-order valence-electron chi connectivity index (χ4n) is 2.86. The van der Waals surface area contributed by atoms with Crippen molar-refractivity contribution in [3.05, 3.63) is 17.8 Å². The van der Waals surface area contributed by atoms with Crippen LogP contribution in [-0.4, -0.2) is 11.0 Å². The predicted molar refractivity (Wildman–Crippen MR) is 77.6 cm³/mol. The second kappa shape index (κ2) is 6.42. The van der Waals surface area contributed by atoms with E-state index >= 15 is 0 Å². The highest BCUT2D eigenvalue weighted by Gasteiger charge is 2.21. The normalized spacial score (nSPS) is 22.7. The van der Waals surface area contributed by atoms with Crippen LogP contribution in [0.25, 0.3) is 0 Å². The van der Waals surface area contributed by atoms with Gasteiger partial charge in [-0.1, -0.05) is 19.8 Å². The largest absolute Gasteiger partial charge is 0.396 e. The Morgan fingerprint density at radius 3 is 2.74 bits per heavy atom. The Morgan fingerprint density at radius 1 is 1.42 bits per heavy atom. The van der Waals surface area contributed by atoms with Gasteiger partial charge in [0.25, 0.3) is 0 Å². The lowest BCUT2D eigenvalue weighted by atomic mass is 9.83. The number of nitrogen functional groups attached to an aromatic ring is 1. The van der Waals surface area contributed by atoms with Gasteiger partial charge in [0.1, 0.15) is 11.9 Å². The molecular formula is C15H22N4. The van der Waals surface area contributed by atoms with Crippen molar-refractivity contribution in [1.82, 2.24) is 4.98 Å². The SMILES string of the molecule is CCCC1CCC(Nc2ncc(C#N)cc2N)CC1. The first-order chi connectivity index (χ1) is 9.22. The van der Waals surface area contributed by atoms with E-state index in [2.05, 4.69) is 17.2 Å². The van der Waals surface area contributed by atoms with Crippen molar-refractivity contribution in [2.24, 2.45) is 5.92 Å². The standard InChI is InChI=1S/C15H22N4/c1-2-3-11-4-6-13(7-5-11)19-15-14(17)8-12(9-16)10-18-15/h8,10-11,13H,2-7,17H2,1H3,(H,18,19). The monoisotopic (exact) mass is 258 g/mol. The van der Waals surface area contributed by atoms with Crippen LogP contribution in [-0.2, 0) is 0 Å². The van der Waals surface area contributed by atoms with Gasteiger partial charge in [-0.3, -0.25) is 0 Å². The Labute approximate surface area is 115 Å². The Bertz CT molecular complexity index is 456. The maximum atomic E-state index is 8.79. The number of hydrogen-bond donors (Lipinski definition) is 2. The second-order valence-corrected chi connectivity index (χ2v) is 5.42. The molecule has 0 aliphatic heterocycles. The van der Waals surface area contributed by atoms with Crippen molar-refractivity contribution < 1.29 is 0 Å². The van der Waals surface area contributed by atoms with Crippen molar-refractivity contribution in [1.29, 1.82) is 5.26 Å². The molecule has 1 aromatic rings. The maximum Gasteiger partial charge on any atom is 0.149 e. The number of nitrogens with zero attached hydrogens (tertiary/aromatic N) is 2. The van der Waals surface area contributed by atoms with Crippen LogP contribution in [0.3, 0.4) is 0 Å². The molecule has 1 aromatic heterocycles. The van der Waals surface area contributed by atoms with Gasteiger partial charge in [-0.05, 0) is 37.7 Å². The van der Waals surface area contributed by atoms with E-state index in [4.69, 9.17) is 11.0 Å². The summed E-state index contributed by atoms with van der Waals surface area (Å²) in [4.78, 5) is 4.24. The van der Waals surface area contributed by atoms with E-state index in [9.17, 15) is 0 Å². The Morgan fingerprint density at radius 2 is 2.16 bits per heavy atom. The predicted octanol–water partition coefficient (Wildman–Crippen LogP) is 3.31. The quantitative estimate of drug-likeness (QED) is 0.868. The molecule has 1 saturated carbocycles. The van der Waals surface area contributed by atoms with Gasteiger partial charge in [-0.15, -0.1) is 0 Å². The minimum absolute atomic E-state index is 0.468. The lowest BCUT2D eigenvalue weighted by Crippen LogP contribution is -2.27. The number of nitriles is 1. The van der Waals surface area contributed by atoms with Crippen LogP contribution in [0.4, 0.5) is 11.5 Å². The van der Waals surface area contributed by atoms with Gasteiger partial charge in [0.2, 0.25) is 0 Å². The topological polar surface area (TPSA) is 74.7 Å². The molecule has 1 aliphatic rings. The van der Waals surface area contributed by atoms with Crippen LogP contribution >= 0.6 is 0 Å². The van der Waals surface area contributed by atoms with Crippen LogP contribution < -0.4 is 11.1 Å². The van der Waals surface area contributed by atoms with Crippen LogP contribution in [0.2, 0.25) is 0 Å². The molecule has 4 nitrogen and oxygen atoms in total. The van der Waals surface area contributed by atoms with E-state index in [0.717, 1.165) is 11.7 Å². The smallest absolute Gasteiger partial charge is 0.149 e. The third kappa shape index (κ3) is 3.60. The van der Waals surface area contributed by atoms with Crippen molar-refractivity contribution in [3.63, 3.8) is 0 Å². The number of anilines is 2. The Balaban J connectivity index is 1.91. The van der Waals surface area contributed by atoms with Gasteiger partial charge >= 0.3 is 0 Å². The molecule has 102 valence electrons. The summed E-state index contributed by atoms with van der Waals surface area (Å²) in [5, 5.41) is 12.2. The molecule has 19 heavy (non-hydrogen) atoms. The molecule has 0 spiro atoms. The number of pyridine rings is 1. The molecule has 2 rings (SSSR count). The van der Waals surface area contributed by atoms with Crippen molar-refractivity contribution >= 4 is 11.5 Å². The summed E-state index contributed by atoms with van der Waals surface area (Å²) in [6.45, 7) is 2.26. The summed E-state index contributed by atoms with van der Waals surface area (Å²) < 4.78 is 0. The highest BCUT2D eigenvalue weighted by Crippen LogP contribution is 2.30. The fraction of sp³-hybridized carbons (Fsp3) is 0.600. The van der Waals surface area contributed by atoms with Crippen LogP contribution in [0.5, 0.6) is 0 Å². The van der Waals surface area contributed by atoms with E-state index in [0.29, 0.717) is 17.3 Å². The molecule has 0 amide bonds. The van der Waals surface area contributed by atoms with Crippen LogP contribution in [0.1, 0.15) is 51.0 Å². The summed E-state index contributed by atoms with van der Waals surface area (Å²) >= 11 is 0. The molecule has 0 saturated heterocycles. The van der Waals surface area contributed by atoms with E-state index in [1.54, 1.807) is 12.3 Å². The maximum absolute atomic E-state index is 8.79. The molecule has 0 bridgehead atoms. The molecule has 3 N–H and O–H groups in total. The van der Waals surface area contributed by atoms with Gasteiger partial charge in [0.15, 0.2) is 0 Å². The zero-order valence-electron chi connectivity index (χ0n) is 11.5. The van der Waals surface area contributed by atoms with E-state index in [1.165, 1.54) is 38.5 Å². The van der Waals surface area contributed by atoms with Crippen molar-refractivity contribution in [2.45, 2.75) is 51.5 Å². The highest BCUT2D eigenvalue weighted by molar-refractivity contribution is 5.63. The van der Waals surface area contributed by atoms with E-state index < -0.39 is 0 Å². The average molecular weight is 258 g/mol. The molecule has 1 heterocycles. The minimum atomic E-state index is 0.468. The lowest BCUT2D eigenvalue weighted by molar-refractivity contribution is 0.318. The zero-order chi connectivity index (χ0) is 13.7. The molecule has 0 radical (unpaired) electrons. The number of nitrogens with two attached hydrogens (primary N) is 1. The summed E-state index contributed by atoms with van der Waals surface area (Å²) in [6.07, 6.45) is 9.17. The zero-order valence-corrected chi connectivity index (χ0v) is 11.5. The molecular weight excluding hydrogens is 236 g/mol. The number of hydrogen-bond acceptors (Lipinski definition) is 4. The summed E-state index contributed by atoms with van der Waals surface area (Å²) in [7, 11) is 0. The molecule has 1 fully saturated rings. The first-order valence-corrected chi connectivity index (χ1v) is 7.15. The first-order valence-electron chi connectivity index (χ1n) is 7.15. The number of rotatable bonds is 4. The Kier molecular flexibility index (Phi) is 4.62. The minimum Gasteiger partial charge on any atom is -0.396 e. The summed E-state index contributed by atoms with van der Waals surface area (Å²) in [5.41, 5.74) is 6.99. The molecule has 0 unspecified atom stereocenters. The summed E-state index contributed by atoms with van der Waals surface area (Å²) in [5.74, 6) is 1.62. The third-order valence-corrected chi connectivity index (χ3v) is 3.93. The van der Waals surface area contributed by atoms with Gasteiger partial charge in [0.05, 0.1) is 11.3 Å². The lowest BCUT2D eigenvalue weighted by Gasteiger charge is -2.29. The second-order valence-electron chi connectivity index (χ2n) is 5.42. The van der Waals surface area contributed by atoms with Crippen molar-refractivity contribution in [3.8, 4) is 6.07 Å². The van der Waals surface area contributed by atoms with Crippen LogP contribution in [0, 0.1) is 17.2 Å². The first kappa shape index (κ1) is 13.7. The van der Waals surface area contributed by atoms with Gasteiger partial charge in [-0.25, -0.2) is 4.98 Å². The van der Waals surface area contributed by atoms with E-state index in [-0.39, 0.29) is 0 Å². The van der Waals surface area contributed by atoms with E-state index in [1.807, 2.05) is 6.07 Å². The molecule has 4 heteroatoms. The Hall–Kier alpha value is -1.76. The fourth-order valence-corrected chi connectivity index (χ4v) is 2.86. The van der Waals surface area contributed by atoms with Gasteiger partial charge in [-0.2, -0.15) is 5.26 Å². The van der Waals surface area contributed by atoms with Gasteiger partial charge < -0.3 is 11.1 Å². The molecule has 0 atom stereocenters. The highest BCUT2D eigenvalue weighted by atomic mass is 15.0. The average Bonchev–Trinajstić information content (AvgIpc) is 2.43. The van der Waals surface area contributed by atoms with Gasteiger partial charge in [0, 0.05) is 12.2 Å². The van der Waals surface area contributed by atoms with Crippen LogP contribution in [0.15, 0.2) is 12.3 Å². The number of aromatic nitrogens is 1.